The van der Waals surface area contributed by atoms with Crippen molar-refractivity contribution in [1.29, 1.82) is 0 Å². The zero-order chi connectivity index (χ0) is 63.1. The van der Waals surface area contributed by atoms with E-state index in [1.807, 2.05) is 22.7 Å². The Morgan fingerprint density at radius 2 is 0.621 bits per heavy atom. The molecule has 0 radical (unpaired) electrons. The number of fused-ring (bicyclic) bond motifs is 22. The second-order valence-electron chi connectivity index (χ2n) is 27.5. The van der Waals surface area contributed by atoms with Gasteiger partial charge in [-0.1, -0.05) is 222 Å². The summed E-state index contributed by atoms with van der Waals surface area (Å²) in [6.45, 7) is 9.46. The zero-order valence-corrected chi connectivity index (χ0v) is 54.7. The largest absolute Gasteiger partial charge is 0.309 e. The molecule has 4 heteroatoms. The molecule has 4 aliphatic carbocycles. The number of benzene rings is 12. The van der Waals surface area contributed by atoms with E-state index in [9.17, 15) is 0 Å². The fourth-order valence-electron chi connectivity index (χ4n) is 17.4. The molecule has 448 valence electrons. The molecule has 16 aromatic rings. The summed E-state index contributed by atoms with van der Waals surface area (Å²) in [5.41, 5.74) is 33.0. The normalized spacial score (nSPS) is 14.7. The maximum Gasteiger partial charge on any atom is 0.0725 e. The predicted molar refractivity (Wildman–Crippen MR) is 404 cm³/mol. The fraction of sp³-hybridized carbons (Fsp3) is 0.0769. The molecule has 2 nitrogen and oxygen atoms in total. The molecule has 95 heavy (non-hydrogen) atoms. The first-order valence-corrected chi connectivity index (χ1v) is 34.8. The third-order valence-corrected chi connectivity index (χ3v) is 24.0. The molecular weight excluding hydrogens is 1190 g/mol. The number of hydrogen-bond donors (Lipinski definition) is 0. The Morgan fingerprint density at radius 3 is 1.07 bits per heavy atom. The summed E-state index contributed by atoms with van der Waals surface area (Å²) in [7, 11) is 0. The number of aromatic nitrogens is 2. The van der Waals surface area contributed by atoms with Gasteiger partial charge in [-0.2, -0.15) is 0 Å². The highest BCUT2D eigenvalue weighted by Gasteiger charge is 2.52. The summed E-state index contributed by atoms with van der Waals surface area (Å²) in [5, 5.41) is 5.07. The average molecular weight is 1250 g/mol. The van der Waals surface area contributed by atoms with Crippen LogP contribution >= 0.6 is 22.7 Å². The Balaban J connectivity index is 0.609. The van der Waals surface area contributed by atoms with Gasteiger partial charge in [-0.3, -0.25) is 0 Å². The molecule has 0 N–H and O–H groups in total. The number of hydrogen-bond acceptors (Lipinski definition) is 2. The van der Waals surface area contributed by atoms with Crippen LogP contribution in [0.4, 0.5) is 0 Å². The van der Waals surface area contributed by atoms with E-state index in [1.54, 1.807) is 0 Å². The Labute approximate surface area is 561 Å². The van der Waals surface area contributed by atoms with Gasteiger partial charge in [0.2, 0.25) is 0 Å². The highest BCUT2D eigenvalue weighted by molar-refractivity contribution is 7.16. The number of thiophene rings is 2. The highest BCUT2D eigenvalue weighted by atomic mass is 32.1. The minimum absolute atomic E-state index is 0.0762. The molecule has 4 aliphatic rings. The van der Waals surface area contributed by atoms with Gasteiger partial charge in [-0.25, -0.2) is 0 Å². The molecule has 0 unspecified atom stereocenters. The summed E-state index contributed by atoms with van der Waals surface area (Å²) in [6.07, 6.45) is 9.26. The van der Waals surface area contributed by atoms with Crippen LogP contribution in [0.25, 0.3) is 145 Å². The van der Waals surface area contributed by atoms with Crippen LogP contribution in [0.2, 0.25) is 0 Å². The SMILES string of the molecule is CC1(C)c2ccccc2-c2ccc(-n3c4ccccc4c4cc(-c5ccc(/C=C/c6ccc7c(c6)C6(c8ccccc8-c8ccccc86)c6cc(/C=C/c8ccc(-c9ccc%10c(c9)c9ccccc9n%10-c9ccc%10c(c9)C(C)(C)c9ccccc9-%10)s8)ccc6-7)s5)ccc43)cc21. The maximum absolute atomic E-state index is 2.48. The highest BCUT2D eigenvalue weighted by Crippen LogP contribution is 2.63. The Hall–Kier alpha value is -10.9. The van der Waals surface area contributed by atoms with E-state index >= 15 is 0 Å². The summed E-state index contributed by atoms with van der Waals surface area (Å²) < 4.78 is 4.93. The van der Waals surface area contributed by atoms with Crippen LogP contribution in [0.15, 0.2) is 279 Å². The molecule has 0 amide bonds. The summed E-state index contributed by atoms with van der Waals surface area (Å²) in [5.74, 6) is 0. The van der Waals surface area contributed by atoms with E-state index in [1.165, 1.54) is 186 Å². The van der Waals surface area contributed by atoms with E-state index < -0.39 is 5.41 Å². The van der Waals surface area contributed by atoms with Crippen LogP contribution in [0.5, 0.6) is 0 Å². The van der Waals surface area contributed by atoms with Crippen LogP contribution in [0, 0.1) is 0 Å². The number of rotatable bonds is 8. The third kappa shape index (κ3) is 7.78. The lowest BCUT2D eigenvalue weighted by molar-refractivity contribution is 0.660. The molecule has 0 saturated heterocycles. The van der Waals surface area contributed by atoms with Gasteiger partial charge in [0.1, 0.15) is 0 Å². The van der Waals surface area contributed by atoms with Crippen molar-refractivity contribution in [2.24, 2.45) is 0 Å². The molecule has 4 aromatic heterocycles. The van der Waals surface area contributed by atoms with Crippen LogP contribution < -0.4 is 0 Å². The van der Waals surface area contributed by atoms with Crippen molar-refractivity contribution in [2.45, 2.75) is 43.9 Å². The lowest BCUT2D eigenvalue weighted by Crippen LogP contribution is -2.26. The lowest BCUT2D eigenvalue weighted by atomic mass is 9.70. The Bertz CT molecular complexity index is 5690. The quantitative estimate of drug-likeness (QED) is 0.143. The van der Waals surface area contributed by atoms with Crippen molar-refractivity contribution in [3.05, 3.63) is 344 Å². The fourth-order valence-corrected chi connectivity index (χ4v) is 19.2. The maximum atomic E-state index is 2.48. The topological polar surface area (TPSA) is 9.86 Å². The van der Waals surface area contributed by atoms with Gasteiger partial charge in [-0.15, -0.1) is 22.7 Å². The molecule has 0 bridgehead atoms. The minimum Gasteiger partial charge on any atom is -0.309 e. The molecule has 0 fully saturated rings. The minimum atomic E-state index is -0.479. The molecule has 0 atom stereocenters. The molecule has 0 saturated carbocycles. The third-order valence-electron chi connectivity index (χ3n) is 21.8. The van der Waals surface area contributed by atoms with E-state index in [2.05, 4.69) is 340 Å². The average Bonchev–Trinajstić information content (AvgIpc) is 1.51. The van der Waals surface area contributed by atoms with Crippen molar-refractivity contribution in [1.82, 2.24) is 9.13 Å². The number of nitrogens with zero attached hydrogens (tertiary/aromatic N) is 2. The van der Waals surface area contributed by atoms with Crippen molar-refractivity contribution >= 4 is 90.6 Å². The number of para-hydroxylation sites is 2. The van der Waals surface area contributed by atoms with Crippen LogP contribution in [-0.4, -0.2) is 9.13 Å². The molecule has 12 aromatic carbocycles. The van der Waals surface area contributed by atoms with E-state index in [0.717, 1.165) is 0 Å². The second kappa shape index (κ2) is 20.1. The standard InChI is InChI=1S/C91H62N2S2/c1-89(2)75-23-11-5-17-63(75)67-43-35-59(53-79(67)89)92-83-27-15-9-21-71(83)73-51-57(33-45-85(73)92)87-47-39-61(94-87)37-29-55-31-41-69-70-42-32-56(50-82(70)91(81(69)49-55)77-25-13-7-19-65(77)66-20-8-14-26-78(66)91)30-38-62-40-48-88(95-62)58-34-46-86-74(52-58)72-22-10-16-28-84(72)93(86)60-36-44-68-64-18-6-12-24-76(64)90(3,4)80(68)54-60/h5-54H,1-4H3/b37-29+,38-30+. The molecule has 4 heterocycles. The smallest absolute Gasteiger partial charge is 0.0725 e. The second-order valence-corrected chi connectivity index (χ2v) is 29.7. The Morgan fingerprint density at radius 1 is 0.263 bits per heavy atom. The van der Waals surface area contributed by atoms with Gasteiger partial charge in [0.05, 0.1) is 27.5 Å². The predicted octanol–water partition coefficient (Wildman–Crippen LogP) is 24.6. The van der Waals surface area contributed by atoms with Crippen molar-refractivity contribution in [3.63, 3.8) is 0 Å². The van der Waals surface area contributed by atoms with Gasteiger partial charge in [0, 0.05) is 63.3 Å². The Kier molecular flexibility index (Phi) is 11.5. The first-order valence-electron chi connectivity index (χ1n) is 33.2. The van der Waals surface area contributed by atoms with Gasteiger partial charge in [0.15, 0.2) is 0 Å². The van der Waals surface area contributed by atoms with Crippen LogP contribution in [-0.2, 0) is 16.2 Å². The lowest BCUT2D eigenvalue weighted by Gasteiger charge is -2.30. The monoisotopic (exact) mass is 1250 g/mol. The van der Waals surface area contributed by atoms with Gasteiger partial charge in [-0.05, 0) is 220 Å². The van der Waals surface area contributed by atoms with E-state index in [-0.39, 0.29) is 10.8 Å². The van der Waals surface area contributed by atoms with Crippen molar-refractivity contribution < 1.29 is 0 Å². The van der Waals surface area contributed by atoms with Crippen molar-refractivity contribution in [2.75, 3.05) is 0 Å². The van der Waals surface area contributed by atoms with Crippen LogP contribution in [0.1, 0.15) is 93.1 Å². The summed E-state index contributed by atoms with van der Waals surface area (Å²) in [4.78, 5) is 4.96. The van der Waals surface area contributed by atoms with E-state index in [0.29, 0.717) is 0 Å². The summed E-state index contributed by atoms with van der Waals surface area (Å²) in [6, 6.07) is 106. The first kappa shape index (κ1) is 54.7. The molecule has 1 spiro atoms. The molecule has 20 rings (SSSR count). The van der Waals surface area contributed by atoms with Gasteiger partial charge < -0.3 is 9.13 Å². The molecular formula is C91H62N2S2. The zero-order valence-electron chi connectivity index (χ0n) is 53.1. The van der Waals surface area contributed by atoms with Gasteiger partial charge >= 0.3 is 0 Å². The molecule has 0 aliphatic heterocycles. The van der Waals surface area contributed by atoms with E-state index in [4.69, 9.17) is 0 Å². The van der Waals surface area contributed by atoms with Gasteiger partial charge in [0.25, 0.3) is 0 Å². The first-order chi connectivity index (χ1) is 46.6. The van der Waals surface area contributed by atoms with Crippen molar-refractivity contribution in [3.8, 4) is 76.8 Å². The van der Waals surface area contributed by atoms with Crippen LogP contribution in [0.3, 0.4) is 0 Å². The summed E-state index contributed by atoms with van der Waals surface area (Å²) >= 11 is 3.70.